The molecule has 2 aromatic carbocycles. The molecule has 0 fully saturated rings. The van der Waals surface area contributed by atoms with E-state index in [-0.39, 0.29) is 18.8 Å². The smallest absolute Gasteiger partial charge is 0.491 e. The number of hydrogen-bond acceptors (Lipinski definition) is 4. The first-order chi connectivity index (χ1) is 14.6. The van der Waals surface area contributed by atoms with Crippen LogP contribution < -0.4 is 9.47 Å². The fourth-order valence-corrected chi connectivity index (χ4v) is 2.96. The van der Waals surface area contributed by atoms with E-state index >= 15 is 0 Å². The summed E-state index contributed by atoms with van der Waals surface area (Å²) in [6.07, 6.45) is -4.70. The molecule has 31 heavy (non-hydrogen) atoms. The summed E-state index contributed by atoms with van der Waals surface area (Å²) in [5, 5.41) is 0. The van der Waals surface area contributed by atoms with Crippen LogP contribution in [0.4, 0.5) is 22.0 Å². The molecule has 172 valence electrons. The Morgan fingerprint density at radius 3 is 2.39 bits per heavy atom. The lowest BCUT2D eigenvalue weighted by molar-refractivity contribution is -0.345. The minimum atomic E-state index is -4.74. The number of rotatable bonds is 12. The standard InChI is InChI=1S/C22H26F5NO3/c1-28(2)13-12-19(31-22(25,26)27)15-29-20-9-4-3-7-17(20)11-10-16-6-5-8-18(14-16)30-21(23)24/h3-9,14,19,21H,10-13,15H2,1-2H3/t19-/m1/s1. The van der Waals surface area contributed by atoms with Gasteiger partial charge in [0.05, 0.1) is 0 Å². The molecule has 0 aromatic heterocycles. The second kappa shape index (κ2) is 11.9. The van der Waals surface area contributed by atoms with Crippen LogP contribution in [0.2, 0.25) is 0 Å². The van der Waals surface area contributed by atoms with Crippen LogP contribution in [0.15, 0.2) is 48.5 Å². The summed E-state index contributed by atoms with van der Waals surface area (Å²) < 4.78 is 77.2. The average Bonchev–Trinajstić information content (AvgIpc) is 2.68. The first kappa shape index (κ1) is 24.9. The molecule has 0 saturated carbocycles. The molecular weight excluding hydrogens is 421 g/mol. The van der Waals surface area contributed by atoms with E-state index in [1.165, 1.54) is 12.1 Å². The normalized spacial score (nSPS) is 12.9. The van der Waals surface area contributed by atoms with E-state index in [0.717, 1.165) is 11.1 Å². The van der Waals surface area contributed by atoms with Gasteiger partial charge in [0.15, 0.2) is 0 Å². The molecule has 1 atom stereocenters. The Morgan fingerprint density at radius 2 is 1.71 bits per heavy atom. The van der Waals surface area contributed by atoms with Gasteiger partial charge in [-0.2, -0.15) is 8.78 Å². The quantitative estimate of drug-likeness (QED) is 0.413. The van der Waals surface area contributed by atoms with E-state index in [1.54, 1.807) is 49.3 Å². The molecule has 4 nitrogen and oxygen atoms in total. The van der Waals surface area contributed by atoms with Gasteiger partial charge >= 0.3 is 13.0 Å². The van der Waals surface area contributed by atoms with Crippen LogP contribution in [0.25, 0.3) is 0 Å². The number of halogens is 5. The van der Waals surface area contributed by atoms with Crippen molar-refractivity contribution >= 4 is 0 Å². The molecular formula is C22H26F5NO3. The minimum absolute atomic E-state index is 0.0741. The summed E-state index contributed by atoms with van der Waals surface area (Å²) in [5.74, 6) is 0.535. The van der Waals surface area contributed by atoms with Gasteiger partial charge in [-0.1, -0.05) is 30.3 Å². The van der Waals surface area contributed by atoms with Crippen molar-refractivity contribution in [1.29, 1.82) is 0 Å². The molecule has 0 amide bonds. The number of benzene rings is 2. The number of ether oxygens (including phenoxy) is 3. The van der Waals surface area contributed by atoms with Crippen molar-refractivity contribution in [2.75, 3.05) is 27.2 Å². The van der Waals surface area contributed by atoms with Crippen LogP contribution in [0.3, 0.4) is 0 Å². The predicted octanol–water partition coefficient (Wildman–Crippen LogP) is 5.31. The summed E-state index contributed by atoms with van der Waals surface area (Å²) in [6, 6.07) is 13.4. The highest BCUT2D eigenvalue weighted by Gasteiger charge is 2.33. The van der Waals surface area contributed by atoms with Gasteiger partial charge in [-0.05, 0) is 62.7 Å². The third-order valence-electron chi connectivity index (χ3n) is 4.40. The summed E-state index contributed by atoms with van der Waals surface area (Å²) in [6.45, 7) is -2.73. The lowest BCUT2D eigenvalue weighted by atomic mass is 10.0. The number of aryl methyl sites for hydroxylation is 2. The van der Waals surface area contributed by atoms with E-state index in [4.69, 9.17) is 4.74 Å². The van der Waals surface area contributed by atoms with E-state index in [0.29, 0.717) is 25.1 Å². The molecule has 2 rings (SSSR count). The molecule has 2 aromatic rings. The molecule has 0 N–H and O–H groups in total. The molecule has 0 saturated heterocycles. The topological polar surface area (TPSA) is 30.9 Å². The van der Waals surface area contributed by atoms with Gasteiger partial charge in [-0.3, -0.25) is 4.74 Å². The monoisotopic (exact) mass is 447 g/mol. The highest BCUT2D eigenvalue weighted by molar-refractivity contribution is 5.35. The van der Waals surface area contributed by atoms with Gasteiger partial charge in [0, 0.05) is 6.54 Å². The van der Waals surface area contributed by atoms with E-state index < -0.39 is 19.1 Å². The van der Waals surface area contributed by atoms with Crippen LogP contribution in [0, 0.1) is 0 Å². The van der Waals surface area contributed by atoms with Gasteiger partial charge < -0.3 is 14.4 Å². The zero-order valence-corrected chi connectivity index (χ0v) is 17.4. The Hall–Kier alpha value is -2.39. The van der Waals surface area contributed by atoms with Gasteiger partial charge in [0.25, 0.3) is 0 Å². The Balaban J connectivity index is 2.00. The predicted molar refractivity (Wildman–Crippen MR) is 107 cm³/mol. The Morgan fingerprint density at radius 1 is 0.968 bits per heavy atom. The number of nitrogens with zero attached hydrogens (tertiary/aromatic N) is 1. The SMILES string of the molecule is CN(C)CC[C@H](COc1ccccc1CCc1cccc(OC(F)F)c1)OC(F)(F)F. The number of para-hydroxylation sites is 1. The summed E-state index contributed by atoms with van der Waals surface area (Å²) in [5.41, 5.74) is 1.58. The third-order valence-corrected chi connectivity index (χ3v) is 4.40. The maximum atomic E-state index is 12.7. The van der Waals surface area contributed by atoms with Gasteiger partial charge in [0.2, 0.25) is 0 Å². The van der Waals surface area contributed by atoms with Gasteiger partial charge in [-0.25, -0.2) is 0 Å². The molecule has 0 radical (unpaired) electrons. The van der Waals surface area contributed by atoms with Crippen LogP contribution in [0.5, 0.6) is 11.5 Å². The van der Waals surface area contributed by atoms with E-state index in [2.05, 4.69) is 9.47 Å². The van der Waals surface area contributed by atoms with Crippen molar-refractivity contribution in [1.82, 2.24) is 4.90 Å². The molecule has 0 aliphatic heterocycles. The maximum Gasteiger partial charge on any atom is 0.522 e. The lowest BCUT2D eigenvalue weighted by Crippen LogP contribution is -2.32. The first-order valence-electron chi connectivity index (χ1n) is 9.76. The fourth-order valence-electron chi connectivity index (χ4n) is 2.96. The van der Waals surface area contributed by atoms with Crippen molar-refractivity contribution in [3.8, 4) is 11.5 Å². The van der Waals surface area contributed by atoms with Crippen molar-refractivity contribution in [2.45, 2.75) is 38.3 Å². The highest BCUT2D eigenvalue weighted by atomic mass is 19.4. The zero-order chi connectivity index (χ0) is 22.9. The van der Waals surface area contributed by atoms with Crippen LogP contribution in [-0.4, -0.2) is 51.2 Å². The second-order valence-corrected chi connectivity index (χ2v) is 7.22. The maximum absolute atomic E-state index is 12.7. The largest absolute Gasteiger partial charge is 0.522 e. The Labute approximate surface area is 178 Å². The molecule has 0 bridgehead atoms. The van der Waals surface area contributed by atoms with Crippen LogP contribution in [0.1, 0.15) is 17.5 Å². The third kappa shape index (κ3) is 9.97. The van der Waals surface area contributed by atoms with Crippen molar-refractivity contribution in [2.24, 2.45) is 0 Å². The van der Waals surface area contributed by atoms with E-state index in [9.17, 15) is 22.0 Å². The Kier molecular flexibility index (Phi) is 9.51. The van der Waals surface area contributed by atoms with Crippen molar-refractivity contribution in [3.05, 3.63) is 59.7 Å². The van der Waals surface area contributed by atoms with Gasteiger partial charge in [0.1, 0.15) is 24.2 Å². The molecule has 9 heteroatoms. The lowest BCUT2D eigenvalue weighted by Gasteiger charge is -2.22. The summed E-state index contributed by atoms with van der Waals surface area (Å²) in [7, 11) is 3.53. The number of alkyl halides is 5. The second-order valence-electron chi connectivity index (χ2n) is 7.22. The Bertz CT molecular complexity index is 799. The van der Waals surface area contributed by atoms with E-state index in [1.807, 2.05) is 6.07 Å². The zero-order valence-electron chi connectivity index (χ0n) is 17.4. The van der Waals surface area contributed by atoms with Crippen molar-refractivity contribution < 1.29 is 36.2 Å². The highest BCUT2D eigenvalue weighted by Crippen LogP contribution is 2.24. The fraction of sp³-hybridized carbons (Fsp3) is 0.455. The summed E-state index contributed by atoms with van der Waals surface area (Å²) >= 11 is 0. The average molecular weight is 447 g/mol. The van der Waals surface area contributed by atoms with Crippen LogP contribution in [-0.2, 0) is 17.6 Å². The first-order valence-corrected chi connectivity index (χ1v) is 9.76. The van der Waals surface area contributed by atoms with Crippen LogP contribution >= 0.6 is 0 Å². The molecule has 0 aliphatic carbocycles. The molecule has 0 spiro atoms. The van der Waals surface area contributed by atoms with Crippen molar-refractivity contribution in [3.63, 3.8) is 0 Å². The molecule has 0 aliphatic rings. The molecule has 0 unspecified atom stereocenters. The minimum Gasteiger partial charge on any atom is -0.491 e. The number of hydrogen-bond donors (Lipinski definition) is 0. The summed E-state index contributed by atoms with van der Waals surface area (Å²) in [4.78, 5) is 1.77. The molecule has 0 heterocycles. The van der Waals surface area contributed by atoms with Gasteiger partial charge in [-0.15, -0.1) is 13.2 Å².